The van der Waals surface area contributed by atoms with Crippen LogP contribution < -0.4 is 5.73 Å². The summed E-state index contributed by atoms with van der Waals surface area (Å²) in [6.45, 7) is 5.53. The number of nitrogens with two attached hydrogens (primary N) is 1. The molecule has 1 atom stereocenters. The SMILES string of the molecule is CC(N)C(=O)N1CCN(Cc2cccc(Cl)c2Cl)CC1. The highest BCUT2D eigenvalue weighted by Gasteiger charge is 2.23. The summed E-state index contributed by atoms with van der Waals surface area (Å²) in [5.41, 5.74) is 6.64. The lowest BCUT2D eigenvalue weighted by Crippen LogP contribution is -2.52. The summed E-state index contributed by atoms with van der Waals surface area (Å²) in [6, 6.07) is 5.24. The molecule has 1 fully saturated rings. The van der Waals surface area contributed by atoms with Crippen LogP contribution in [0.15, 0.2) is 18.2 Å². The fraction of sp³-hybridized carbons (Fsp3) is 0.500. The molecule has 0 spiro atoms. The van der Waals surface area contributed by atoms with Crippen LogP contribution in [-0.2, 0) is 11.3 Å². The van der Waals surface area contributed by atoms with Gasteiger partial charge in [0, 0.05) is 32.7 Å². The second-order valence-corrected chi connectivity index (χ2v) is 5.89. The smallest absolute Gasteiger partial charge is 0.239 e. The zero-order valence-electron chi connectivity index (χ0n) is 11.5. The zero-order chi connectivity index (χ0) is 14.7. The number of benzene rings is 1. The minimum atomic E-state index is -0.427. The molecule has 0 radical (unpaired) electrons. The predicted molar refractivity (Wildman–Crippen MR) is 82.0 cm³/mol. The maximum atomic E-state index is 11.8. The molecule has 110 valence electrons. The van der Waals surface area contributed by atoms with Gasteiger partial charge in [0.2, 0.25) is 5.91 Å². The van der Waals surface area contributed by atoms with E-state index in [4.69, 9.17) is 28.9 Å². The molecule has 1 aliphatic heterocycles. The Morgan fingerprint density at radius 1 is 1.30 bits per heavy atom. The summed E-state index contributed by atoms with van der Waals surface area (Å²) < 4.78 is 0. The Balaban J connectivity index is 1.92. The Morgan fingerprint density at radius 2 is 1.95 bits per heavy atom. The second kappa shape index (κ2) is 6.76. The molecule has 1 saturated heterocycles. The van der Waals surface area contributed by atoms with E-state index in [9.17, 15) is 4.79 Å². The van der Waals surface area contributed by atoms with Crippen molar-refractivity contribution in [1.82, 2.24) is 9.80 Å². The summed E-state index contributed by atoms with van der Waals surface area (Å²) in [4.78, 5) is 15.9. The highest BCUT2D eigenvalue weighted by atomic mass is 35.5. The van der Waals surface area contributed by atoms with E-state index in [1.54, 1.807) is 13.0 Å². The van der Waals surface area contributed by atoms with Crippen molar-refractivity contribution in [2.45, 2.75) is 19.5 Å². The fourth-order valence-electron chi connectivity index (χ4n) is 2.33. The van der Waals surface area contributed by atoms with Gasteiger partial charge in [0.15, 0.2) is 0 Å². The van der Waals surface area contributed by atoms with E-state index in [-0.39, 0.29) is 5.91 Å². The van der Waals surface area contributed by atoms with E-state index >= 15 is 0 Å². The number of piperazine rings is 1. The topological polar surface area (TPSA) is 49.6 Å². The van der Waals surface area contributed by atoms with Crippen molar-refractivity contribution < 1.29 is 4.79 Å². The average molecular weight is 316 g/mol. The van der Waals surface area contributed by atoms with E-state index in [0.717, 1.165) is 25.2 Å². The molecular formula is C14H19Cl2N3O. The van der Waals surface area contributed by atoms with Crippen LogP contribution in [0.2, 0.25) is 10.0 Å². The van der Waals surface area contributed by atoms with Crippen molar-refractivity contribution >= 4 is 29.1 Å². The van der Waals surface area contributed by atoms with E-state index in [2.05, 4.69) is 4.90 Å². The normalized spacial score (nSPS) is 18.1. The van der Waals surface area contributed by atoms with Gasteiger partial charge in [-0.15, -0.1) is 0 Å². The number of carbonyl (C=O) groups excluding carboxylic acids is 1. The molecule has 0 aliphatic carbocycles. The zero-order valence-corrected chi connectivity index (χ0v) is 13.0. The van der Waals surface area contributed by atoms with Crippen molar-refractivity contribution in [1.29, 1.82) is 0 Å². The Hall–Kier alpha value is -0.810. The van der Waals surface area contributed by atoms with E-state index in [1.807, 2.05) is 17.0 Å². The molecule has 6 heteroatoms. The molecule has 0 saturated carbocycles. The molecule has 1 aromatic carbocycles. The Labute approximate surface area is 129 Å². The molecule has 1 aliphatic rings. The Bertz CT molecular complexity index is 485. The van der Waals surface area contributed by atoms with Gasteiger partial charge in [-0.1, -0.05) is 35.3 Å². The minimum absolute atomic E-state index is 0.0189. The average Bonchev–Trinajstić information content (AvgIpc) is 2.44. The van der Waals surface area contributed by atoms with Crippen LogP contribution >= 0.6 is 23.2 Å². The van der Waals surface area contributed by atoms with Crippen LogP contribution in [0.1, 0.15) is 12.5 Å². The molecule has 1 unspecified atom stereocenters. The maximum absolute atomic E-state index is 11.8. The van der Waals surface area contributed by atoms with Crippen LogP contribution in [0.5, 0.6) is 0 Å². The third kappa shape index (κ3) is 3.64. The lowest BCUT2D eigenvalue weighted by atomic mass is 10.2. The number of nitrogens with zero attached hydrogens (tertiary/aromatic N) is 2. The third-order valence-electron chi connectivity index (χ3n) is 3.50. The molecule has 1 amide bonds. The molecule has 1 heterocycles. The van der Waals surface area contributed by atoms with Gasteiger partial charge in [-0.3, -0.25) is 9.69 Å². The predicted octanol–water partition coefficient (Wildman–Crippen LogP) is 1.98. The lowest BCUT2D eigenvalue weighted by molar-refractivity contribution is -0.134. The minimum Gasteiger partial charge on any atom is -0.339 e. The summed E-state index contributed by atoms with van der Waals surface area (Å²) >= 11 is 12.2. The molecule has 2 N–H and O–H groups in total. The third-order valence-corrected chi connectivity index (χ3v) is 4.36. The summed E-state index contributed by atoms with van der Waals surface area (Å²) in [5.74, 6) is 0.0189. The molecule has 0 aromatic heterocycles. The molecule has 1 aromatic rings. The van der Waals surface area contributed by atoms with Crippen LogP contribution in [0.4, 0.5) is 0 Å². The van der Waals surface area contributed by atoms with Crippen molar-refractivity contribution in [2.75, 3.05) is 26.2 Å². The monoisotopic (exact) mass is 315 g/mol. The van der Waals surface area contributed by atoms with Crippen LogP contribution in [-0.4, -0.2) is 47.9 Å². The number of hydrogen-bond acceptors (Lipinski definition) is 3. The fourth-order valence-corrected chi connectivity index (χ4v) is 2.71. The number of amides is 1. The first-order valence-corrected chi connectivity index (χ1v) is 7.44. The molecule has 20 heavy (non-hydrogen) atoms. The molecule has 4 nitrogen and oxygen atoms in total. The van der Waals surface area contributed by atoms with E-state index < -0.39 is 6.04 Å². The van der Waals surface area contributed by atoms with E-state index in [1.165, 1.54) is 0 Å². The highest BCUT2D eigenvalue weighted by Crippen LogP contribution is 2.26. The van der Waals surface area contributed by atoms with Crippen molar-refractivity contribution in [3.05, 3.63) is 33.8 Å². The number of carbonyl (C=O) groups is 1. The van der Waals surface area contributed by atoms with Crippen LogP contribution in [0.25, 0.3) is 0 Å². The Morgan fingerprint density at radius 3 is 2.55 bits per heavy atom. The van der Waals surface area contributed by atoms with Gasteiger partial charge in [-0.2, -0.15) is 0 Å². The maximum Gasteiger partial charge on any atom is 0.239 e. The summed E-state index contributed by atoms with van der Waals surface area (Å²) in [6.07, 6.45) is 0. The van der Waals surface area contributed by atoms with Crippen molar-refractivity contribution in [3.8, 4) is 0 Å². The highest BCUT2D eigenvalue weighted by molar-refractivity contribution is 6.42. The van der Waals surface area contributed by atoms with Crippen LogP contribution in [0.3, 0.4) is 0 Å². The number of hydrogen-bond donors (Lipinski definition) is 1. The van der Waals surface area contributed by atoms with Gasteiger partial charge in [0.25, 0.3) is 0 Å². The lowest BCUT2D eigenvalue weighted by Gasteiger charge is -2.35. The first-order chi connectivity index (χ1) is 9.49. The first-order valence-electron chi connectivity index (χ1n) is 6.68. The number of rotatable bonds is 3. The van der Waals surface area contributed by atoms with Gasteiger partial charge in [-0.05, 0) is 18.6 Å². The van der Waals surface area contributed by atoms with Gasteiger partial charge < -0.3 is 10.6 Å². The second-order valence-electron chi connectivity index (χ2n) is 5.10. The van der Waals surface area contributed by atoms with E-state index in [0.29, 0.717) is 23.1 Å². The van der Waals surface area contributed by atoms with Gasteiger partial charge in [0.05, 0.1) is 16.1 Å². The largest absolute Gasteiger partial charge is 0.339 e. The van der Waals surface area contributed by atoms with Gasteiger partial charge in [0.1, 0.15) is 0 Å². The van der Waals surface area contributed by atoms with Crippen LogP contribution in [0, 0.1) is 0 Å². The van der Waals surface area contributed by atoms with Gasteiger partial charge >= 0.3 is 0 Å². The van der Waals surface area contributed by atoms with Crippen molar-refractivity contribution in [3.63, 3.8) is 0 Å². The Kier molecular flexibility index (Phi) is 5.27. The number of halogens is 2. The quantitative estimate of drug-likeness (QED) is 0.928. The standard InChI is InChI=1S/C14H19Cl2N3O/c1-10(17)14(20)19-7-5-18(6-8-19)9-11-3-2-4-12(15)13(11)16/h2-4,10H,5-9,17H2,1H3. The van der Waals surface area contributed by atoms with Crippen molar-refractivity contribution in [2.24, 2.45) is 5.73 Å². The molecule has 0 bridgehead atoms. The molecular weight excluding hydrogens is 297 g/mol. The van der Waals surface area contributed by atoms with Gasteiger partial charge in [-0.25, -0.2) is 0 Å². The first kappa shape index (κ1) is 15.6. The summed E-state index contributed by atoms with van der Waals surface area (Å²) in [5, 5.41) is 1.19. The molecule has 2 rings (SSSR count). The summed E-state index contributed by atoms with van der Waals surface area (Å²) in [7, 11) is 0.